The number of aromatic nitrogens is 2. The van der Waals surface area contributed by atoms with E-state index in [0.717, 1.165) is 12.1 Å². The van der Waals surface area contributed by atoms with Gasteiger partial charge in [0, 0.05) is 6.54 Å². The quantitative estimate of drug-likeness (QED) is 0.842. The van der Waals surface area contributed by atoms with Gasteiger partial charge in [0.25, 0.3) is 0 Å². The summed E-state index contributed by atoms with van der Waals surface area (Å²) in [5.41, 5.74) is -1.08. The number of carbonyl (C=O) groups is 1. The van der Waals surface area contributed by atoms with Crippen molar-refractivity contribution >= 4 is 11.8 Å². The van der Waals surface area contributed by atoms with E-state index < -0.39 is 23.8 Å². The molecule has 1 aromatic rings. The molecule has 1 aromatic heterocycles. The minimum atomic E-state index is -4.53. The van der Waals surface area contributed by atoms with Crippen molar-refractivity contribution < 1.29 is 23.1 Å². The highest BCUT2D eigenvalue weighted by Gasteiger charge is 2.32. The predicted octanol–water partition coefficient (Wildman–Crippen LogP) is 2.65. The van der Waals surface area contributed by atoms with Crippen LogP contribution in [-0.2, 0) is 11.0 Å². The Bertz CT molecular complexity index is 446. The van der Waals surface area contributed by atoms with E-state index in [1.165, 1.54) is 0 Å². The number of hydrogen-bond acceptors (Lipinski definition) is 4. The third kappa shape index (κ3) is 5.02. The number of alkyl halides is 3. The Hall–Kier alpha value is -1.86. The first-order valence-corrected chi connectivity index (χ1v) is 6.07. The molecule has 0 aromatic carbocycles. The monoisotopic (exact) mass is 291 g/mol. The second-order valence-corrected chi connectivity index (χ2v) is 4.85. The maximum atomic E-state index is 12.3. The number of carboxylic acids is 1. The molecule has 0 amide bonds. The van der Waals surface area contributed by atoms with Crippen LogP contribution in [0.4, 0.5) is 19.0 Å². The lowest BCUT2D eigenvalue weighted by Gasteiger charge is -2.15. The van der Waals surface area contributed by atoms with Crippen LogP contribution in [0.25, 0.3) is 0 Å². The molecule has 0 bridgehead atoms. The zero-order valence-corrected chi connectivity index (χ0v) is 11.1. The van der Waals surface area contributed by atoms with Crippen LogP contribution in [0.15, 0.2) is 12.1 Å². The molecule has 8 heteroatoms. The summed E-state index contributed by atoms with van der Waals surface area (Å²) < 4.78 is 36.8. The van der Waals surface area contributed by atoms with Crippen molar-refractivity contribution in [2.24, 2.45) is 11.8 Å². The van der Waals surface area contributed by atoms with Crippen molar-refractivity contribution in [3.63, 3.8) is 0 Å². The van der Waals surface area contributed by atoms with E-state index in [1.54, 1.807) is 0 Å². The number of halogens is 3. The van der Waals surface area contributed by atoms with E-state index in [9.17, 15) is 18.0 Å². The van der Waals surface area contributed by atoms with Crippen LogP contribution < -0.4 is 5.32 Å². The van der Waals surface area contributed by atoms with Gasteiger partial charge in [0.1, 0.15) is 5.82 Å². The summed E-state index contributed by atoms with van der Waals surface area (Å²) in [6.07, 6.45) is -4.07. The molecule has 1 unspecified atom stereocenters. The van der Waals surface area contributed by atoms with E-state index in [4.69, 9.17) is 5.11 Å². The topological polar surface area (TPSA) is 75.1 Å². The fraction of sp³-hybridized carbons (Fsp3) is 0.583. The van der Waals surface area contributed by atoms with Gasteiger partial charge in [-0.05, 0) is 24.5 Å². The molecule has 0 aliphatic heterocycles. The molecule has 0 radical (unpaired) electrons. The molecule has 0 saturated heterocycles. The average molecular weight is 291 g/mol. The third-order valence-electron chi connectivity index (χ3n) is 2.59. The van der Waals surface area contributed by atoms with Crippen LogP contribution >= 0.6 is 0 Å². The third-order valence-corrected chi connectivity index (χ3v) is 2.59. The summed E-state index contributed by atoms with van der Waals surface area (Å²) in [5.74, 6) is -1.25. The number of carboxylic acid groups (broad SMARTS) is 1. The summed E-state index contributed by atoms with van der Waals surface area (Å²) in [7, 11) is 0. The van der Waals surface area contributed by atoms with Crippen LogP contribution in [0.2, 0.25) is 0 Å². The molecule has 0 spiro atoms. The fourth-order valence-electron chi connectivity index (χ4n) is 1.65. The molecule has 2 N–H and O–H groups in total. The smallest absolute Gasteiger partial charge is 0.435 e. The Morgan fingerprint density at radius 1 is 1.35 bits per heavy atom. The van der Waals surface area contributed by atoms with Crippen LogP contribution in [0.3, 0.4) is 0 Å². The fourth-order valence-corrected chi connectivity index (χ4v) is 1.65. The second-order valence-electron chi connectivity index (χ2n) is 4.85. The number of nitrogens with zero attached hydrogens (tertiary/aromatic N) is 2. The highest BCUT2D eigenvalue weighted by molar-refractivity contribution is 5.70. The molecule has 1 heterocycles. The van der Waals surface area contributed by atoms with Crippen LogP contribution in [-0.4, -0.2) is 27.8 Å². The van der Waals surface area contributed by atoms with Crippen molar-refractivity contribution in [1.29, 1.82) is 0 Å². The van der Waals surface area contributed by atoms with Gasteiger partial charge in [0.05, 0.1) is 5.92 Å². The Morgan fingerprint density at radius 2 is 2.00 bits per heavy atom. The van der Waals surface area contributed by atoms with Crippen molar-refractivity contribution in [3.05, 3.63) is 17.8 Å². The standard InChI is InChI=1S/C12H16F3N3O2/c1-7(2)5-8(11(19)20)6-16-10-4-3-9(17-18-10)12(13,14)15/h3-4,7-8H,5-6H2,1-2H3,(H,16,18)(H,19,20). The van der Waals surface area contributed by atoms with E-state index in [1.807, 2.05) is 13.8 Å². The van der Waals surface area contributed by atoms with Crippen LogP contribution in [0, 0.1) is 11.8 Å². The molecule has 0 aliphatic carbocycles. The SMILES string of the molecule is CC(C)CC(CNc1ccc(C(F)(F)F)nn1)C(=O)O. The molecule has 5 nitrogen and oxygen atoms in total. The Kier molecular flexibility index (Phi) is 5.29. The zero-order chi connectivity index (χ0) is 15.3. The Morgan fingerprint density at radius 3 is 2.40 bits per heavy atom. The van der Waals surface area contributed by atoms with Gasteiger partial charge in [0.15, 0.2) is 5.69 Å². The van der Waals surface area contributed by atoms with E-state index in [2.05, 4.69) is 15.5 Å². The van der Waals surface area contributed by atoms with Crippen molar-refractivity contribution in [2.75, 3.05) is 11.9 Å². The van der Waals surface area contributed by atoms with Crippen molar-refractivity contribution in [1.82, 2.24) is 10.2 Å². The molecular weight excluding hydrogens is 275 g/mol. The van der Waals surface area contributed by atoms with Gasteiger partial charge in [-0.1, -0.05) is 13.8 Å². The summed E-state index contributed by atoms with van der Waals surface area (Å²) in [6.45, 7) is 3.88. The number of aliphatic carboxylic acids is 1. The van der Waals surface area contributed by atoms with Gasteiger partial charge in [-0.3, -0.25) is 4.79 Å². The summed E-state index contributed by atoms with van der Waals surface area (Å²) in [4.78, 5) is 11.0. The van der Waals surface area contributed by atoms with Gasteiger partial charge in [-0.15, -0.1) is 10.2 Å². The van der Waals surface area contributed by atoms with E-state index >= 15 is 0 Å². The molecular formula is C12H16F3N3O2. The minimum Gasteiger partial charge on any atom is -0.481 e. The molecule has 1 atom stereocenters. The van der Waals surface area contributed by atoms with Gasteiger partial charge in [-0.2, -0.15) is 13.2 Å². The predicted molar refractivity (Wildman–Crippen MR) is 66.1 cm³/mol. The van der Waals surface area contributed by atoms with Gasteiger partial charge < -0.3 is 10.4 Å². The minimum absolute atomic E-state index is 0.0908. The number of anilines is 1. The summed E-state index contributed by atoms with van der Waals surface area (Å²) >= 11 is 0. The van der Waals surface area contributed by atoms with Gasteiger partial charge >= 0.3 is 12.1 Å². The molecule has 0 saturated carbocycles. The van der Waals surface area contributed by atoms with Crippen LogP contribution in [0.5, 0.6) is 0 Å². The van der Waals surface area contributed by atoms with Crippen molar-refractivity contribution in [2.45, 2.75) is 26.4 Å². The van der Waals surface area contributed by atoms with Crippen LogP contribution in [0.1, 0.15) is 26.0 Å². The number of hydrogen-bond donors (Lipinski definition) is 2. The highest BCUT2D eigenvalue weighted by atomic mass is 19.4. The Labute approximate surface area is 114 Å². The lowest BCUT2D eigenvalue weighted by molar-refractivity contribution is -0.142. The van der Waals surface area contributed by atoms with E-state index in [-0.39, 0.29) is 18.3 Å². The average Bonchev–Trinajstić information content (AvgIpc) is 2.33. The Balaban J connectivity index is 2.62. The zero-order valence-electron chi connectivity index (χ0n) is 11.1. The molecule has 112 valence electrons. The van der Waals surface area contributed by atoms with Gasteiger partial charge in [0.2, 0.25) is 0 Å². The molecule has 1 rings (SSSR count). The first kappa shape index (κ1) is 16.2. The maximum absolute atomic E-state index is 12.3. The first-order chi connectivity index (χ1) is 9.20. The normalized spacial score (nSPS) is 13.3. The second kappa shape index (κ2) is 6.53. The van der Waals surface area contributed by atoms with Gasteiger partial charge in [-0.25, -0.2) is 0 Å². The number of rotatable bonds is 6. The molecule has 0 aliphatic rings. The maximum Gasteiger partial charge on any atom is 0.435 e. The van der Waals surface area contributed by atoms with E-state index in [0.29, 0.717) is 6.42 Å². The summed E-state index contributed by atoms with van der Waals surface area (Å²) in [6, 6.07) is 1.93. The lowest BCUT2D eigenvalue weighted by atomic mass is 9.97. The summed E-state index contributed by atoms with van der Waals surface area (Å²) in [5, 5.41) is 18.1. The molecule has 20 heavy (non-hydrogen) atoms. The largest absolute Gasteiger partial charge is 0.481 e. The number of nitrogens with one attached hydrogen (secondary N) is 1. The lowest BCUT2D eigenvalue weighted by Crippen LogP contribution is -2.25. The highest BCUT2D eigenvalue weighted by Crippen LogP contribution is 2.27. The molecule has 0 fully saturated rings. The van der Waals surface area contributed by atoms with Crippen molar-refractivity contribution in [3.8, 4) is 0 Å². The first-order valence-electron chi connectivity index (χ1n) is 6.07.